The topological polar surface area (TPSA) is 90.4 Å². The fourth-order valence-electron chi connectivity index (χ4n) is 2.53. The van der Waals surface area contributed by atoms with Crippen LogP contribution in [0.4, 0.5) is 0 Å². The van der Waals surface area contributed by atoms with Gasteiger partial charge in [-0.1, -0.05) is 23.7 Å². The summed E-state index contributed by atoms with van der Waals surface area (Å²) in [5.41, 5.74) is -0.270. The molecule has 0 atom stereocenters. The molecule has 0 unspecified atom stereocenters. The number of aliphatic carboxylic acids is 2. The number of hydrogen-bond acceptors (Lipinski definition) is 2. The molecule has 0 saturated heterocycles. The molecule has 0 bridgehead atoms. The van der Waals surface area contributed by atoms with Gasteiger partial charge in [0.1, 0.15) is 0 Å². The molecule has 0 aliphatic rings. The first-order valence-electron chi connectivity index (χ1n) is 6.52. The smallest absolute Gasteiger partial charge is 0.325 e. The summed E-state index contributed by atoms with van der Waals surface area (Å²) in [7, 11) is 0. The van der Waals surface area contributed by atoms with Crippen LogP contribution < -0.4 is 0 Å². The van der Waals surface area contributed by atoms with E-state index in [4.69, 9.17) is 11.6 Å². The van der Waals surface area contributed by atoms with Gasteiger partial charge in [-0.15, -0.1) is 0 Å². The van der Waals surface area contributed by atoms with E-state index in [9.17, 15) is 19.8 Å². The van der Waals surface area contributed by atoms with Crippen LogP contribution in [-0.2, 0) is 15.0 Å². The first-order valence-corrected chi connectivity index (χ1v) is 6.90. The zero-order valence-electron chi connectivity index (χ0n) is 11.6. The number of hydrogen-bond donors (Lipinski definition) is 3. The molecule has 3 rings (SSSR count). The van der Waals surface area contributed by atoms with Crippen molar-refractivity contribution >= 4 is 45.3 Å². The van der Waals surface area contributed by atoms with Crippen LogP contribution in [0.5, 0.6) is 0 Å². The third-order valence-corrected chi connectivity index (χ3v) is 4.23. The van der Waals surface area contributed by atoms with E-state index in [1.807, 2.05) is 12.1 Å². The number of halogens is 1. The molecule has 5 nitrogen and oxygen atoms in total. The average Bonchev–Trinajstić information content (AvgIpc) is 2.82. The standard InChI is InChI=1S/C16H12ClNO4/c1-16(14(19)20,15(21)22)8-2-4-10-11-7-9(17)3-5-12(11)18-13(10)6-8/h2-7,18H,1H3,(H,19,20)(H,21,22). The molecule has 0 aliphatic carbocycles. The lowest BCUT2D eigenvalue weighted by atomic mass is 9.82. The minimum atomic E-state index is -2.00. The summed E-state index contributed by atoms with van der Waals surface area (Å²) < 4.78 is 0. The highest BCUT2D eigenvalue weighted by atomic mass is 35.5. The highest BCUT2D eigenvalue weighted by molar-refractivity contribution is 6.31. The molecule has 0 fully saturated rings. The molecule has 1 aromatic heterocycles. The second kappa shape index (κ2) is 4.74. The van der Waals surface area contributed by atoms with Crippen LogP contribution in [0.25, 0.3) is 21.8 Å². The molecule has 22 heavy (non-hydrogen) atoms. The number of fused-ring (bicyclic) bond motifs is 3. The lowest BCUT2D eigenvalue weighted by molar-refractivity contribution is -0.156. The average molecular weight is 318 g/mol. The molecule has 6 heteroatoms. The quantitative estimate of drug-likeness (QED) is 0.646. The minimum absolute atomic E-state index is 0.206. The maximum atomic E-state index is 11.4. The third kappa shape index (κ3) is 1.94. The Balaban J connectivity index is 2.28. The van der Waals surface area contributed by atoms with E-state index in [0.29, 0.717) is 10.5 Å². The van der Waals surface area contributed by atoms with Crippen molar-refractivity contribution in [3.05, 3.63) is 47.0 Å². The molecule has 112 valence electrons. The Morgan fingerprint density at radius 2 is 1.68 bits per heavy atom. The van der Waals surface area contributed by atoms with E-state index in [-0.39, 0.29) is 5.56 Å². The molecular formula is C16H12ClNO4. The minimum Gasteiger partial charge on any atom is -0.480 e. The Kier molecular flexibility index (Phi) is 3.11. The molecule has 0 aliphatic heterocycles. The number of benzene rings is 2. The molecule has 1 heterocycles. The van der Waals surface area contributed by atoms with Crippen LogP contribution >= 0.6 is 11.6 Å². The molecule has 3 N–H and O–H groups in total. The summed E-state index contributed by atoms with van der Waals surface area (Å²) in [6.45, 7) is 1.18. The number of carboxylic acids is 2. The van der Waals surface area contributed by atoms with Crippen molar-refractivity contribution < 1.29 is 19.8 Å². The Morgan fingerprint density at radius 3 is 2.32 bits per heavy atom. The van der Waals surface area contributed by atoms with Crippen molar-refractivity contribution in [2.75, 3.05) is 0 Å². The SMILES string of the molecule is CC(C(=O)O)(C(=O)O)c1ccc2c(c1)[nH]c1ccc(Cl)cc12. The molecule has 0 saturated carbocycles. The number of aromatic nitrogens is 1. The molecule has 0 radical (unpaired) electrons. The van der Waals surface area contributed by atoms with E-state index < -0.39 is 17.4 Å². The van der Waals surface area contributed by atoms with E-state index >= 15 is 0 Å². The third-order valence-electron chi connectivity index (χ3n) is 3.99. The Labute approximate surface area is 130 Å². The summed E-state index contributed by atoms with van der Waals surface area (Å²) in [5, 5.41) is 21.0. The second-order valence-electron chi connectivity index (χ2n) is 5.31. The highest BCUT2D eigenvalue weighted by Gasteiger charge is 2.43. The lowest BCUT2D eigenvalue weighted by Crippen LogP contribution is -2.40. The summed E-state index contributed by atoms with van der Waals surface area (Å²) >= 11 is 5.99. The predicted molar refractivity (Wildman–Crippen MR) is 83.4 cm³/mol. The second-order valence-corrected chi connectivity index (χ2v) is 5.75. The van der Waals surface area contributed by atoms with Gasteiger partial charge in [0, 0.05) is 26.8 Å². The van der Waals surface area contributed by atoms with Gasteiger partial charge in [-0.2, -0.15) is 0 Å². The number of H-pyrrole nitrogens is 1. The monoisotopic (exact) mass is 317 g/mol. The van der Waals surface area contributed by atoms with Gasteiger partial charge in [0.25, 0.3) is 0 Å². The largest absolute Gasteiger partial charge is 0.480 e. The van der Waals surface area contributed by atoms with Crippen LogP contribution in [0.1, 0.15) is 12.5 Å². The molecule has 2 aromatic carbocycles. The summed E-state index contributed by atoms with van der Waals surface area (Å²) in [5.74, 6) is -2.81. The number of rotatable bonds is 3. The summed E-state index contributed by atoms with van der Waals surface area (Å²) in [6.07, 6.45) is 0. The van der Waals surface area contributed by atoms with Gasteiger partial charge in [0.15, 0.2) is 5.41 Å². The summed E-state index contributed by atoms with van der Waals surface area (Å²) in [4.78, 5) is 26.0. The molecular weight excluding hydrogens is 306 g/mol. The van der Waals surface area contributed by atoms with Gasteiger partial charge in [-0.25, -0.2) is 0 Å². The van der Waals surface area contributed by atoms with Gasteiger partial charge < -0.3 is 15.2 Å². The Morgan fingerprint density at radius 1 is 1.00 bits per heavy atom. The predicted octanol–water partition coefficient (Wildman–Crippen LogP) is 3.40. The normalized spacial score (nSPS) is 11.9. The summed E-state index contributed by atoms with van der Waals surface area (Å²) in [6, 6.07) is 10.2. The number of nitrogens with one attached hydrogen (secondary N) is 1. The van der Waals surface area contributed by atoms with Crippen molar-refractivity contribution in [1.29, 1.82) is 0 Å². The fraction of sp³-hybridized carbons (Fsp3) is 0.125. The van der Waals surface area contributed by atoms with Gasteiger partial charge in [-0.05, 0) is 36.8 Å². The van der Waals surface area contributed by atoms with Crippen LogP contribution in [0.15, 0.2) is 36.4 Å². The lowest BCUT2D eigenvalue weighted by Gasteiger charge is -2.20. The van der Waals surface area contributed by atoms with Crippen LogP contribution in [0.2, 0.25) is 5.02 Å². The van der Waals surface area contributed by atoms with Crippen LogP contribution in [-0.4, -0.2) is 27.1 Å². The van der Waals surface area contributed by atoms with Crippen molar-refractivity contribution in [1.82, 2.24) is 4.98 Å². The highest BCUT2D eigenvalue weighted by Crippen LogP contribution is 2.32. The number of carbonyl (C=O) groups is 2. The van der Waals surface area contributed by atoms with E-state index in [2.05, 4.69) is 4.98 Å². The zero-order valence-corrected chi connectivity index (χ0v) is 12.3. The molecule has 0 amide bonds. The number of carboxylic acid groups (broad SMARTS) is 2. The first-order chi connectivity index (χ1) is 10.3. The van der Waals surface area contributed by atoms with Crippen molar-refractivity contribution in [3.8, 4) is 0 Å². The van der Waals surface area contributed by atoms with Gasteiger partial charge in [0.05, 0.1) is 0 Å². The fourth-order valence-corrected chi connectivity index (χ4v) is 2.70. The van der Waals surface area contributed by atoms with E-state index in [1.165, 1.54) is 13.0 Å². The maximum absolute atomic E-state index is 11.4. The molecule has 0 spiro atoms. The van der Waals surface area contributed by atoms with E-state index in [0.717, 1.165) is 16.3 Å². The Hall–Kier alpha value is -2.53. The maximum Gasteiger partial charge on any atom is 0.325 e. The van der Waals surface area contributed by atoms with Crippen molar-refractivity contribution in [3.63, 3.8) is 0 Å². The van der Waals surface area contributed by atoms with Crippen LogP contribution in [0.3, 0.4) is 0 Å². The van der Waals surface area contributed by atoms with Gasteiger partial charge in [0.2, 0.25) is 0 Å². The van der Waals surface area contributed by atoms with Crippen LogP contribution in [0, 0.1) is 0 Å². The van der Waals surface area contributed by atoms with Gasteiger partial charge in [-0.3, -0.25) is 9.59 Å². The molecule has 3 aromatic rings. The first kappa shape index (κ1) is 14.4. The number of aromatic amines is 1. The Bertz CT molecular complexity index is 914. The van der Waals surface area contributed by atoms with Crippen molar-refractivity contribution in [2.24, 2.45) is 0 Å². The van der Waals surface area contributed by atoms with E-state index in [1.54, 1.807) is 18.2 Å². The van der Waals surface area contributed by atoms with Crippen molar-refractivity contribution in [2.45, 2.75) is 12.3 Å². The zero-order chi connectivity index (χ0) is 16.1. The van der Waals surface area contributed by atoms with Gasteiger partial charge >= 0.3 is 11.9 Å².